The molecule has 9 N–H and O–H groups in total. The topological polar surface area (TPSA) is 322 Å². The average Bonchev–Trinajstić information content (AvgIpc) is 1.64. The summed E-state index contributed by atoms with van der Waals surface area (Å²) < 4.78 is 52.9. The number of carbonyl (C=O) groups excluding carboxylic acids is 3. The minimum atomic E-state index is -1.16. The van der Waals surface area contributed by atoms with E-state index in [1.165, 1.54) is 48.4 Å². The summed E-state index contributed by atoms with van der Waals surface area (Å²) in [5.74, 6) is -0.327. The first-order chi connectivity index (χ1) is 57.6. The van der Waals surface area contributed by atoms with Crippen molar-refractivity contribution in [3.8, 4) is 22.3 Å². The minimum Gasteiger partial charge on any atom is -0.495 e. The van der Waals surface area contributed by atoms with E-state index in [-0.39, 0.29) is 133 Å². The van der Waals surface area contributed by atoms with Crippen molar-refractivity contribution in [2.75, 3.05) is 7.11 Å². The summed E-state index contributed by atoms with van der Waals surface area (Å²) in [6.45, 7) is 34.5. The zero-order chi connectivity index (χ0) is 90.1. The van der Waals surface area contributed by atoms with Gasteiger partial charge in [0.05, 0.1) is 85.0 Å². The van der Waals surface area contributed by atoms with E-state index < -0.39 is 60.4 Å². The van der Waals surface area contributed by atoms with E-state index in [1.807, 2.05) is 78.8 Å². The molecule has 10 rings (SSSR count). The fraction of sp³-hybridized carbons (Fsp3) is 0.560. The van der Waals surface area contributed by atoms with Crippen LogP contribution in [-0.4, -0.2) is 153 Å². The Morgan fingerprint density at radius 1 is 0.672 bits per heavy atom. The highest BCUT2D eigenvalue weighted by Crippen LogP contribution is 2.48. The molecule has 0 unspecified atom stereocenters. The number of methoxy groups -OCH3 is 1. The number of pyridine rings is 1. The van der Waals surface area contributed by atoms with Gasteiger partial charge < -0.3 is 69.5 Å². The number of esters is 2. The number of carboxylic acids is 2. The standard InChI is InChI=1S/C26H34FNO5.C26H40O4.C25H28FNO3.C23H36O6/c1-15(2)25-21(11-10-19(29)12-20(30)13-23(31)32)24(17-6-8-18(27)9-7-17)22(14-33-5)26(28-25)16(3)4;1-7-26(5,6)25(28)30-23-13-16(2)12-19-9-8-17(3)22(24(19)23)11-10-21-15-20(27)14-18(4)29-21;1-16(2)27-23-7-5-4-6-22(23)25(18-8-10-19(26)11-9-18)24(27)13-12-20(29)15-21(30)14-17(3)28;1-4-14(2)23(28)29-20-7-5-6-16-9-8-15(3)19(22(16)20)11-10-17(24)12-18(25)13-21(26)27/h6-11,15-16,19-20,29-30H,12-14H2,1-5H3,(H,31,32);8-9,12,16-17,20-24,27H,4,7,10-11,13-15H2,1-3,5-6H3;4-13,16,20-21,29-30H,14-15H2,1-3H3;6,8-9,14-15,17-20,22,24-25H,4-5,7,10-13H2,1-3H3,(H,26,27)/b11-10+;;13-12+;/t19-,20-;16-,17-,20-,21+,22-,23-,24-;20-,21+;14-,15-,17+,18+,19-,20-,22-/m1010/s1. The summed E-state index contributed by atoms with van der Waals surface area (Å²) in [4.78, 5) is 62.9. The second-order valence-corrected chi connectivity index (χ2v) is 35.9. The highest BCUT2D eigenvalue weighted by molar-refractivity contribution is 6.01. The molecule has 18 atom stereocenters. The first kappa shape index (κ1) is 101. The van der Waals surface area contributed by atoms with Crippen LogP contribution in [0.5, 0.6) is 0 Å². The molecule has 5 aliphatic rings. The third-order valence-electron chi connectivity index (χ3n) is 24.3. The molecule has 2 aromatic heterocycles. The molecule has 4 aliphatic carbocycles. The average molecular weight is 1690 g/mol. The van der Waals surface area contributed by atoms with Gasteiger partial charge in [0.2, 0.25) is 0 Å². The maximum Gasteiger partial charge on any atom is 0.311 e. The number of para-hydroxylation sites is 1. The highest BCUT2D eigenvalue weighted by atomic mass is 19.1. The van der Waals surface area contributed by atoms with Crippen molar-refractivity contribution in [1.82, 2.24) is 9.55 Å². The number of allylic oxidation sites excluding steroid dienone is 6. The summed E-state index contributed by atoms with van der Waals surface area (Å²) in [5, 5.41) is 89.4. The van der Waals surface area contributed by atoms with E-state index in [0.29, 0.717) is 49.4 Å². The van der Waals surface area contributed by atoms with Crippen molar-refractivity contribution in [3.63, 3.8) is 0 Å². The van der Waals surface area contributed by atoms with Crippen LogP contribution in [0.2, 0.25) is 0 Å². The number of carboxylic acid groups (broad SMARTS) is 2. The lowest BCUT2D eigenvalue weighted by Crippen LogP contribution is -2.43. The number of fused-ring (bicyclic) bond motifs is 3. The Balaban J connectivity index is 0.000000224. The molecule has 0 radical (unpaired) electrons. The summed E-state index contributed by atoms with van der Waals surface area (Å²) in [6.07, 6.45) is 21.6. The third kappa shape index (κ3) is 29.0. The number of aliphatic hydroxyl groups is 7. The maximum atomic E-state index is 13.7. The van der Waals surface area contributed by atoms with Gasteiger partial charge in [0, 0.05) is 96.1 Å². The molecule has 3 aromatic carbocycles. The molecule has 3 heterocycles. The number of halogens is 2. The molecule has 0 spiro atoms. The van der Waals surface area contributed by atoms with Gasteiger partial charge in [0.15, 0.2) is 0 Å². The predicted octanol–water partition coefficient (Wildman–Crippen LogP) is 19.1. The molecule has 0 bridgehead atoms. The fourth-order valence-corrected chi connectivity index (χ4v) is 17.4. The van der Waals surface area contributed by atoms with Crippen LogP contribution in [-0.2, 0) is 49.5 Å². The number of hydrogen-bond donors (Lipinski definition) is 9. The lowest BCUT2D eigenvalue weighted by Gasteiger charge is -2.44. The molecule has 670 valence electrons. The van der Waals surface area contributed by atoms with Crippen LogP contribution in [0.3, 0.4) is 0 Å². The first-order valence-corrected chi connectivity index (χ1v) is 44.0. The summed E-state index contributed by atoms with van der Waals surface area (Å²) in [7, 11) is 1.61. The van der Waals surface area contributed by atoms with Crippen molar-refractivity contribution in [1.29, 1.82) is 0 Å². The molecule has 122 heavy (non-hydrogen) atoms. The number of benzene rings is 3. The van der Waals surface area contributed by atoms with Crippen molar-refractivity contribution in [2.24, 2.45) is 52.8 Å². The Morgan fingerprint density at radius 2 is 1.22 bits per heavy atom. The molecule has 22 heteroatoms. The van der Waals surface area contributed by atoms with Crippen LogP contribution < -0.4 is 0 Å². The monoisotopic (exact) mass is 1690 g/mol. The number of aliphatic carboxylic acids is 2. The normalized spacial score (nSPS) is 23.1. The SMILES string of the molecule is C=C1C[C@H](O)C[C@@H](CC[C@@H]2[C@@H]3C(=C[C@H](C)C[C@@H]3OC(=O)C(C)(C)CC)C=C[C@@H]2C)O1.CC(=O)C[C@H](O)C[C@H](O)/C=C/c1c(-c2ccc(F)cc2)c2ccccc2n1C(C)C.CC[C@H](C)C(=O)O[C@H]1CCC=C2C=C[C@H](C)[C@H](CC[C@@H](O)C[C@@H](O)CC(=O)O)[C@H]21.COCc1c(C(C)C)nc(C(C)C)c(/C=C/[C@@H](O)C[C@@H](O)CC(=O)O)c1-c1ccc(F)cc1. The number of aliphatic hydroxyl groups excluding tert-OH is 7. The second kappa shape index (κ2) is 47.5. The van der Waals surface area contributed by atoms with E-state index >= 15 is 0 Å². The summed E-state index contributed by atoms with van der Waals surface area (Å²) >= 11 is 0. The smallest absolute Gasteiger partial charge is 0.311 e. The Hall–Kier alpha value is -8.58. The molecular weight excluding hydrogens is 1560 g/mol. The molecular formula is C100H138F2N2O18. The number of carbonyl (C=O) groups is 5. The lowest BCUT2D eigenvalue weighted by molar-refractivity contribution is -0.165. The van der Waals surface area contributed by atoms with E-state index in [2.05, 4.69) is 96.1 Å². The summed E-state index contributed by atoms with van der Waals surface area (Å²) in [6, 6.07) is 20.8. The molecule has 1 aliphatic heterocycles. The Kier molecular flexibility index (Phi) is 39.1. The highest BCUT2D eigenvalue weighted by Gasteiger charge is 2.45. The lowest BCUT2D eigenvalue weighted by atomic mass is 9.65. The minimum absolute atomic E-state index is 0.0225. The molecule has 0 saturated carbocycles. The largest absolute Gasteiger partial charge is 0.495 e. The molecule has 1 fully saturated rings. The maximum absolute atomic E-state index is 13.7. The van der Waals surface area contributed by atoms with Crippen LogP contribution in [0.15, 0.2) is 145 Å². The van der Waals surface area contributed by atoms with Crippen molar-refractivity contribution in [3.05, 3.63) is 185 Å². The predicted molar refractivity (Wildman–Crippen MR) is 475 cm³/mol. The number of aromatic nitrogens is 2. The number of ether oxygens (including phenoxy) is 4. The van der Waals surface area contributed by atoms with E-state index in [0.717, 1.165) is 113 Å². The van der Waals surface area contributed by atoms with Gasteiger partial charge in [-0.25, -0.2) is 8.78 Å². The van der Waals surface area contributed by atoms with E-state index in [1.54, 1.807) is 43.5 Å². The molecule has 1 saturated heterocycles. The van der Waals surface area contributed by atoms with Crippen LogP contribution in [0.25, 0.3) is 45.3 Å². The number of ketones is 1. The molecule has 0 amide bonds. The van der Waals surface area contributed by atoms with Crippen LogP contribution in [0.4, 0.5) is 8.78 Å². The zero-order valence-electron chi connectivity index (χ0n) is 74.6. The van der Waals surface area contributed by atoms with Crippen molar-refractivity contribution < 1.29 is 97.7 Å². The first-order valence-electron chi connectivity index (χ1n) is 44.0. The number of nitrogens with zero attached hydrogens (tertiary/aromatic N) is 2. The van der Waals surface area contributed by atoms with Crippen molar-refractivity contribution in [2.45, 2.75) is 299 Å². The quantitative estimate of drug-likeness (QED) is 0.0170. The van der Waals surface area contributed by atoms with Crippen LogP contribution in [0.1, 0.15) is 259 Å². The summed E-state index contributed by atoms with van der Waals surface area (Å²) in [5.41, 5.74) is 10.9. The molecule has 5 aromatic rings. The molecule has 20 nitrogen and oxygen atoms in total. The van der Waals surface area contributed by atoms with Gasteiger partial charge in [-0.05, 0) is 204 Å². The Morgan fingerprint density at radius 3 is 1.77 bits per heavy atom. The van der Waals surface area contributed by atoms with Gasteiger partial charge in [-0.15, -0.1) is 0 Å². The zero-order valence-corrected chi connectivity index (χ0v) is 74.6. The van der Waals surface area contributed by atoms with Gasteiger partial charge in [0.25, 0.3) is 0 Å². The van der Waals surface area contributed by atoms with Crippen LogP contribution in [0, 0.1) is 64.4 Å². The number of rotatable bonds is 35. The number of Topliss-reactive ketones (excluding diaryl/α,β-unsaturated/α-hetero) is 1. The Labute approximate surface area is 721 Å². The number of hydrogen-bond acceptors (Lipinski definition) is 17. The van der Waals surface area contributed by atoms with Gasteiger partial charge in [-0.3, -0.25) is 29.0 Å². The second-order valence-electron chi connectivity index (χ2n) is 35.9. The van der Waals surface area contributed by atoms with Gasteiger partial charge >= 0.3 is 23.9 Å². The van der Waals surface area contributed by atoms with Crippen LogP contribution >= 0.6 is 0 Å². The fourth-order valence-electron chi connectivity index (χ4n) is 17.4. The van der Waals surface area contributed by atoms with Gasteiger partial charge in [-0.1, -0.05) is 173 Å². The Bertz CT molecular complexity index is 4460. The third-order valence-corrected chi connectivity index (χ3v) is 24.3. The van der Waals surface area contributed by atoms with Gasteiger partial charge in [0.1, 0.15) is 35.7 Å². The van der Waals surface area contributed by atoms with E-state index in [4.69, 9.17) is 34.1 Å². The van der Waals surface area contributed by atoms with E-state index in [9.17, 15) is 68.5 Å². The van der Waals surface area contributed by atoms with Gasteiger partial charge in [-0.2, -0.15) is 0 Å². The van der Waals surface area contributed by atoms with Crippen molar-refractivity contribution >= 4 is 52.7 Å².